The summed E-state index contributed by atoms with van der Waals surface area (Å²) in [6.45, 7) is 5.30. The number of nitrogens with zero attached hydrogens (tertiary/aromatic N) is 2. The first-order valence-corrected chi connectivity index (χ1v) is 6.95. The van der Waals surface area contributed by atoms with Gasteiger partial charge in [0.2, 0.25) is 5.16 Å². The van der Waals surface area contributed by atoms with Crippen LogP contribution in [0.3, 0.4) is 0 Å². The molecule has 2 unspecified atom stereocenters. The molecule has 2 rings (SSSR count). The van der Waals surface area contributed by atoms with E-state index in [9.17, 15) is 0 Å². The van der Waals surface area contributed by atoms with Crippen LogP contribution in [0, 0.1) is 6.92 Å². The van der Waals surface area contributed by atoms with Gasteiger partial charge in [0.15, 0.2) is 0 Å². The molecule has 0 aromatic carbocycles. The van der Waals surface area contributed by atoms with Crippen LogP contribution in [-0.2, 0) is 0 Å². The Kier molecular flexibility index (Phi) is 4.23. The standard InChI is InChI=1S/C11H20N4S/c1-3-6-12-9-4-5-10(7-9)16-11-13-8(2)14-15-11/h9-10,12H,3-7H2,1-2H3,(H,13,14,15). The number of hydrogen-bond acceptors (Lipinski definition) is 4. The van der Waals surface area contributed by atoms with E-state index in [1.165, 1.54) is 25.7 Å². The van der Waals surface area contributed by atoms with Crippen LogP contribution in [0.1, 0.15) is 38.4 Å². The minimum atomic E-state index is 0.685. The maximum Gasteiger partial charge on any atom is 0.208 e. The van der Waals surface area contributed by atoms with Crippen LogP contribution in [0.25, 0.3) is 0 Å². The first kappa shape index (κ1) is 11.9. The molecule has 16 heavy (non-hydrogen) atoms. The molecule has 90 valence electrons. The van der Waals surface area contributed by atoms with Crippen LogP contribution in [-0.4, -0.2) is 33.0 Å². The molecule has 1 aromatic rings. The van der Waals surface area contributed by atoms with Gasteiger partial charge in [-0.2, -0.15) is 0 Å². The molecule has 0 radical (unpaired) electrons. The lowest BCUT2D eigenvalue weighted by Crippen LogP contribution is -2.27. The molecule has 0 spiro atoms. The van der Waals surface area contributed by atoms with Gasteiger partial charge < -0.3 is 5.32 Å². The summed E-state index contributed by atoms with van der Waals surface area (Å²) in [5, 5.41) is 12.2. The molecule has 5 heteroatoms. The van der Waals surface area contributed by atoms with Crippen molar-refractivity contribution in [2.75, 3.05) is 6.54 Å². The number of H-pyrrole nitrogens is 1. The Labute approximate surface area is 101 Å². The fraction of sp³-hybridized carbons (Fsp3) is 0.818. The topological polar surface area (TPSA) is 53.6 Å². The van der Waals surface area contributed by atoms with E-state index in [0.717, 1.165) is 17.5 Å². The Balaban J connectivity index is 1.76. The molecule has 2 N–H and O–H groups in total. The predicted molar refractivity (Wildman–Crippen MR) is 66.7 cm³/mol. The van der Waals surface area contributed by atoms with Crippen LogP contribution in [0.4, 0.5) is 0 Å². The second kappa shape index (κ2) is 5.68. The number of aromatic amines is 1. The molecular formula is C11H20N4S. The quantitative estimate of drug-likeness (QED) is 0.828. The van der Waals surface area contributed by atoms with E-state index in [4.69, 9.17) is 0 Å². The maximum absolute atomic E-state index is 4.34. The average molecular weight is 240 g/mol. The predicted octanol–water partition coefficient (Wildman–Crippen LogP) is 2.13. The van der Waals surface area contributed by atoms with Gasteiger partial charge in [-0.15, -0.1) is 5.10 Å². The van der Waals surface area contributed by atoms with E-state index < -0.39 is 0 Å². The monoisotopic (exact) mass is 240 g/mol. The summed E-state index contributed by atoms with van der Waals surface area (Å²) in [5.74, 6) is 0.904. The normalized spacial score (nSPS) is 25.1. The third-order valence-electron chi connectivity index (χ3n) is 2.92. The molecule has 1 aliphatic rings. The second-order valence-corrected chi connectivity index (χ2v) is 5.67. The lowest BCUT2D eigenvalue weighted by atomic mass is 10.2. The lowest BCUT2D eigenvalue weighted by molar-refractivity contribution is 0.524. The first-order chi connectivity index (χ1) is 7.78. The van der Waals surface area contributed by atoms with Crippen LogP contribution in [0.15, 0.2) is 5.16 Å². The summed E-state index contributed by atoms with van der Waals surface area (Å²) in [4.78, 5) is 4.34. The average Bonchev–Trinajstić information content (AvgIpc) is 2.86. The SMILES string of the molecule is CCCNC1CCC(Sc2n[nH]c(C)n2)C1. The highest BCUT2D eigenvalue weighted by Crippen LogP contribution is 2.33. The number of thioether (sulfide) groups is 1. The Morgan fingerprint density at radius 3 is 3.06 bits per heavy atom. The van der Waals surface area contributed by atoms with Gasteiger partial charge in [0, 0.05) is 11.3 Å². The van der Waals surface area contributed by atoms with Crippen molar-refractivity contribution in [3.8, 4) is 0 Å². The molecule has 1 heterocycles. The maximum atomic E-state index is 4.34. The minimum Gasteiger partial charge on any atom is -0.314 e. The molecule has 0 saturated heterocycles. The third-order valence-corrected chi connectivity index (χ3v) is 4.07. The van der Waals surface area contributed by atoms with Crippen LogP contribution >= 0.6 is 11.8 Å². The van der Waals surface area contributed by atoms with Crippen molar-refractivity contribution in [2.24, 2.45) is 0 Å². The number of hydrogen-bond donors (Lipinski definition) is 2. The van der Waals surface area contributed by atoms with Gasteiger partial charge in [-0.3, -0.25) is 5.10 Å². The molecule has 4 nitrogen and oxygen atoms in total. The minimum absolute atomic E-state index is 0.685. The Morgan fingerprint density at radius 2 is 2.38 bits per heavy atom. The molecule has 0 bridgehead atoms. The molecule has 1 aliphatic carbocycles. The fourth-order valence-corrected chi connectivity index (χ4v) is 3.27. The van der Waals surface area contributed by atoms with Crippen LogP contribution in [0.5, 0.6) is 0 Å². The van der Waals surface area contributed by atoms with Crippen molar-refractivity contribution in [1.29, 1.82) is 0 Å². The van der Waals surface area contributed by atoms with Gasteiger partial charge in [-0.1, -0.05) is 18.7 Å². The second-order valence-electron chi connectivity index (χ2n) is 4.41. The molecule has 1 fully saturated rings. The van der Waals surface area contributed by atoms with Crippen molar-refractivity contribution >= 4 is 11.8 Å². The van der Waals surface area contributed by atoms with Gasteiger partial charge in [-0.05, 0) is 39.2 Å². The highest BCUT2D eigenvalue weighted by atomic mass is 32.2. The van der Waals surface area contributed by atoms with Crippen molar-refractivity contribution in [3.63, 3.8) is 0 Å². The Morgan fingerprint density at radius 1 is 1.50 bits per heavy atom. The van der Waals surface area contributed by atoms with E-state index in [-0.39, 0.29) is 0 Å². The van der Waals surface area contributed by atoms with Gasteiger partial charge in [-0.25, -0.2) is 4.98 Å². The number of rotatable bonds is 5. The summed E-state index contributed by atoms with van der Waals surface area (Å²) in [5.41, 5.74) is 0. The van der Waals surface area contributed by atoms with E-state index in [0.29, 0.717) is 11.3 Å². The third kappa shape index (κ3) is 3.22. The molecule has 0 amide bonds. The van der Waals surface area contributed by atoms with Crippen molar-refractivity contribution in [1.82, 2.24) is 20.5 Å². The Bertz CT molecular complexity index is 326. The zero-order chi connectivity index (χ0) is 11.4. The fourth-order valence-electron chi connectivity index (χ4n) is 2.10. The largest absolute Gasteiger partial charge is 0.314 e. The van der Waals surface area contributed by atoms with E-state index in [2.05, 4.69) is 27.4 Å². The van der Waals surface area contributed by atoms with Gasteiger partial charge in [0.25, 0.3) is 0 Å². The summed E-state index contributed by atoms with van der Waals surface area (Å²) >= 11 is 1.82. The molecule has 0 aliphatic heterocycles. The summed E-state index contributed by atoms with van der Waals surface area (Å²) in [6, 6.07) is 0.706. The van der Waals surface area contributed by atoms with E-state index in [1.807, 2.05) is 18.7 Å². The summed E-state index contributed by atoms with van der Waals surface area (Å²) in [7, 11) is 0. The van der Waals surface area contributed by atoms with E-state index in [1.54, 1.807) is 0 Å². The van der Waals surface area contributed by atoms with Crippen molar-refractivity contribution in [3.05, 3.63) is 5.82 Å². The van der Waals surface area contributed by atoms with Crippen molar-refractivity contribution in [2.45, 2.75) is 56.0 Å². The summed E-state index contributed by atoms with van der Waals surface area (Å²) < 4.78 is 0. The van der Waals surface area contributed by atoms with E-state index >= 15 is 0 Å². The Hall–Kier alpha value is -0.550. The highest BCUT2D eigenvalue weighted by Gasteiger charge is 2.25. The zero-order valence-corrected chi connectivity index (χ0v) is 10.8. The first-order valence-electron chi connectivity index (χ1n) is 6.07. The lowest BCUT2D eigenvalue weighted by Gasteiger charge is -2.11. The molecular weight excluding hydrogens is 220 g/mol. The molecule has 1 saturated carbocycles. The van der Waals surface area contributed by atoms with Gasteiger partial charge >= 0.3 is 0 Å². The summed E-state index contributed by atoms with van der Waals surface area (Å²) in [6.07, 6.45) is 5.04. The van der Waals surface area contributed by atoms with Gasteiger partial charge in [0.05, 0.1) is 0 Å². The molecule has 2 atom stereocenters. The van der Waals surface area contributed by atoms with Crippen LogP contribution < -0.4 is 5.32 Å². The number of aromatic nitrogens is 3. The number of nitrogens with one attached hydrogen (secondary N) is 2. The van der Waals surface area contributed by atoms with Gasteiger partial charge in [0.1, 0.15) is 5.82 Å². The number of aryl methyl sites for hydroxylation is 1. The van der Waals surface area contributed by atoms with Crippen LogP contribution in [0.2, 0.25) is 0 Å². The highest BCUT2D eigenvalue weighted by molar-refractivity contribution is 7.99. The zero-order valence-electron chi connectivity index (χ0n) is 9.99. The molecule has 1 aromatic heterocycles. The van der Waals surface area contributed by atoms with Crippen molar-refractivity contribution < 1.29 is 0 Å². The smallest absolute Gasteiger partial charge is 0.208 e.